The Hall–Kier alpha value is -2.75. The number of ether oxygens (including phenoxy) is 2. The maximum Gasteiger partial charge on any atom is 0.248 e. The minimum Gasteiger partial charge on any atom is -0.496 e. The monoisotopic (exact) mass is 311 g/mol. The number of aryl methyl sites for hydroxylation is 2. The fraction of sp³-hybridized carbons (Fsp3) is 0.211. The van der Waals surface area contributed by atoms with E-state index in [1.807, 2.05) is 44.2 Å². The highest BCUT2D eigenvalue weighted by Crippen LogP contribution is 2.29. The van der Waals surface area contributed by atoms with Gasteiger partial charge < -0.3 is 14.8 Å². The molecule has 4 nitrogen and oxygen atoms in total. The van der Waals surface area contributed by atoms with Gasteiger partial charge in [-0.05, 0) is 55.3 Å². The highest BCUT2D eigenvalue weighted by atomic mass is 16.5. The van der Waals surface area contributed by atoms with Crippen LogP contribution in [0, 0.1) is 13.8 Å². The van der Waals surface area contributed by atoms with E-state index in [-0.39, 0.29) is 5.91 Å². The molecule has 0 aromatic heterocycles. The summed E-state index contributed by atoms with van der Waals surface area (Å²) in [4.78, 5) is 12.1. The van der Waals surface area contributed by atoms with Crippen molar-refractivity contribution in [1.82, 2.24) is 0 Å². The van der Waals surface area contributed by atoms with Gasteiger partial charge in [0.05, 0.1) is 19.8 Å². The normalized spacial score (nSPS) is 10.6. The van der Waals surface area contributed by atoms with Crippen molar-refractivity contribution >= 4 is 17.7 Å². The summed E-state index contributed by atoms with van der Waals surface area (Å²) in [6.07, 6.45) is 3.16. The fourth-order valence-electron chi connectivity index (χ4n) is 2.43. The van der Waals surface area contributed by atoms with Gasteiger partial charge in [0.25, 0.3) is 0 Å². The molecule has 0 bridgehead atoms. The molecule has 120 valence electrons. The Labute approximate surface area is 136 Å². The highest BCUT2D eigenvalue weighted by molar-refractivity contribution is 6.02. The number of anilines is 1. The topological polar surface area (TPSA) is 47.6 Å². The molecule has 1 N–H and O–H groups in total. The molecule has 0 fully saturated rings. The Morgan fingerprint density at radius 1 is 1.00 bits per heavy atom. The van der Waals surface area contributed by atoms with Gasteiger partial charge in [-0.25, -0.2) is 0 Å². The predicted molar refractivity (Wildman–Crippen MR) is 93.1 cm³/mol. The van der Waals surface area contributed by atoms with E-state index in [0.29, 0.717) is 11.5 Å². The molecule has 0 unspecified atom stereocenters. The zero-order valence-corrected chi connectivity index (χ0v) is 13.8. The van der Waals surface area contributed by atoms with Crippen molar-refractivity contribution in [2.24, 2.45) is 0 Å². The fourth-order valence-corrected chi connectivity index (χ4v) is 2.43. The first kappa shape index (κ1) is 16.6. The average Bonchev–Trinajstić information content (AvgIpc) is 2.51. The standard InChI is InChI=1S/C19H21NO3/c1-13-10-14(2)12-15(11-13)20-19(21)9-8-16-17(22-3)6-5-7-18(16)23-4/h5-12H,1-4H3,(H,20,21)/b9-8+. The maximum atomic E-state index is 12.1. The first-order valence-corrected chi connectivity index (χ1v) is 7.32. The molecule has 2 aromatic carbocycles. The van der Waals surface area contributed by atoms with Gasteiger partial charge in [0, 0.05) is 11.8 Å². The Morgan fingerprint density at radius 2 is 1.57 bits per heavy atom. The van der Waals surface area contributed by atoms with Gasteiger partial charge in [0.15, 0.2) is 0 Å². The molecule has 0 atom stereocenters. The summed E-state index contributed by atoms with van der Waals surface area (Å²) in [5.74, 6) is 1.10. The number of carbonyl (C=O) groups excluding carboxylic acids is 1. The van der Waals surface area contributed by atoms with Gasteiger partial charge in [-0.15, -0.1) is 0 Å². The zero-order valence-electron chi connectivity index (χ0n) is 13.8. The average molecular weight is 311 g/mol. The maximum absolute atomic E-state index is 12.1. The first-order valence-electron chi connectivity index (χ1n) is 7.32. The van der Waals surface area contributed by atoms with Gasteiger partial charge in [-0.2, -0.15) is 0 Å². The second-order valence-corrected chi connectivity index (χ2v) is 5.28. The number of benzene rings is 2. The largest absolute Gasteiger partial charge is 0.496 e. The molecule has 0 radical (unpaired) electrons. The molecule has 0 saturated heterocycles. The Balaban J connectivity index is 2.18. The molecule has 0 aliphatic rings. The molecule has 4 heteroatoms. The van der Waals surface area contributed by atoms with Gasteiger partial charge in [0.2, 0.25) is 5.91 Å². The van der Waals surface area contributed by atoms with Gasteiger partial charge in [-0.3, -0.25) is 4.79 Å². The molecular weight excluding hydrogens is 290 g/mol. The number of rotatable bonds is 5. The molecule has 2 aromatic rings. The molecule has 23 heavy (non-hydrogen) atoms. The van der Waals surface area contributed by atoms with E-state index < -0.39 is 0 Å². The second-order valence-electron chi connectivity index (χ2n) is 5.28. The summed E-state index contributed by atoms with van der Waals surface area (Å²) in [6.45, 7) is 4.00. The van der Waals surface area contributed by atoms with E-state index in [9.17, 15) is 4.79 Å². The minimum absolute atomic E-state index is 0.206. The van der Waals surface area contributed by atoms with Crippen LogP contribution in [0.15, 0.2) is 42.5 Å². The number of hydrogen-bond donors (Lipinski definition) is 1. The Kier molecular flexibility index (Phi) is 5.41. The molecule has 1 amide bonds. The third-order valence-corrected chi connectivity index (χ3v) is 3.36. The molecule has 0 aliphatic heterocycles. The van der Waals surface area contributed by atoms with Crippen molar-refractivity contribution in [2.75, 3.05) is 19.5 Å². The number of hydrogen-bond acceptors (Lipinski definition) is 3. The molecule has 0 heterocycles. The van der Waals surface area contributed by atoms with Crippen LogP contribution >= 0.6 is 0 Å². The van der Waals surface area contributed by atoms with Gasteiger partial charge in [-0.1, -0.05) is 12.1 Å². The van der Waals surface area contributed by atoms with E-state index in [0.717, 1.165) is 22.4 Å². The molecule has 0 aliphatic carbocycles. The van der Waals surface area contributed by atoms with E-state index in [1.165, 1.54) is 6.08 Å². The van der Waals surface area contributed by atoms with Crippen LogP contribution in [0.5, 0.6) is 11.5 Å². The lowest BCUT2D eigenvalue weighted by Gasteiger charge is -2.09. The summed E-state index contributed by atoms with van der Waals surface area (Å²) in [5.41, 5.74) is 3.73. The number of nitrogens with one attached hydrogen (secondary N) is 1. The van der Waals surface area contributed by atoms with Crippen LogP contribution in [0.1, 0.15) is 16.7 Å². The summed E-state index contributed by atoms with van der Waals surface area (Å²) >= 11 is 0. The van der Waals surface area contributed by atoms with E-state index in [2.05, 4.69) is 11.4 Å². The predicted octanol–water partition coefficient (Wildman–Crippen LogP) is 3.97. The van der Waals surface area contributed by atoms with Crippen LogP contribution in [0.3, 0.4) is 0 Å². The molecule has 2 rings (SSSR count). The Morgan fingerprint density at radius 3 is 2.09 bits per heavy atom. The van der Waals surface area contributed by atoms with Crippen LogP contribution in [0.4, 0.5) is 5.69 Å². The summed E-state index contributed by atoms with van der Waals surface area (Å²) < 4.78 is 10.6. The number of carbonyl (C=O) groups is 1. The highest BCUT2D eigenvalue weighted by Gasteiger charge is 2.07. The van der Waals surface area contributed by atoms with Crippen LogP contribution in [-0.2, 0) is 4.79 Å². The SMILES string of the molecule is COc1cccc(OC)c1/C=C/C(=O)Nc1cc(C)cc(C)c1. The molecular formula is C19H21NO3. The van der Waals surface area contributed by atoms with E-state index in [4.69, 9.17) is 9.47 Å². The molecule has 0 spiro atoms. The summed E-state index contributed by atoms with van der Waals surface area (Å²) in [7, 11) is 3.17. The lowest BCUT2D eigenvalue weighted by atomic mass is 10.1. The van der Waals surface area contributed by atoms with Crippen molar-refractivity contribution in [3.8, 4) is 11.5 Å². The first-order chi connectivity index (χ1) is 11.0. The van der Waals surface area contributed by atoms with Crippen molar-refractivity contribution in [3.63, 3.8) is 0 Å². The Bertz CT molecular complexity index is 693. The number of methoxy groups -OCH3 is 2. The quantitative estimate of drug-likeness (QED) is 0.850. The zero-order chi connectivity index (χ0) is 16.8. The van der Waals surface area contributed by atoms with E-state index >= 15 is 0 Å². The third kappa shape index (κ3) is 4.36. The number of amides is 1. The van der Waals surface area contributed by atoms with Crippen LogP contribution in [0.2, 0.25) is 0 Å². The van der Waals surface area contributed by atoms with Crippen LogP contribution < -0.4 is 14.8 Å². The lowest BCUT2D eigenvalue weighted by molar-refractivity contribution is -0.111. The summed E-state index contributed by atoms with van der Waals surface area (Å²) in [5, 5.41) is 2.86. The van der Waals surface area contributed by atoms with Crippen molar-refractivity contribution in [1.29, 1.82) is 0 Å². The van der Waals surface area contributed by atoms with Crippen molar-refractivity contribution in [2.45, 2.75) is 13.8 Å². The van der Waals surface area contributed by atoms with Crippen molar-refractivity contribution in [3.05, 3.63) is 59.2 Å². The smallest absolute Gasteiger partial charge is 0.248 e. The van der Waals surface area contributed by atoms with Gasteiger partial charge >= 0.3 is 0 Å². The van der Waals surface area contributed by atoms with Crippen LogP contribution in [-0.4, -0.2) is 20.1 Å². The van der Waals surface area contributed by atoms with Crippen molar-refractivity contribution < 1.29 is 14.3 Å². The lowest BCUT2D eigenvalue weighted by Crippen LogP contribution is -2.08. The minimum atomic E-state index is -0.206. The van der Waals surface area contributed by atoms with E-state index in [1.54, 1.807) is 20.3 Å². The molecule has 0 saturated carbocycles. The summed E-state index contributed by atoms with van der Waals surface area (Å²) in [6, 6.07) is 11.4. The third-order valence-electron chi connectivity index (χ3n) is 3.36. The van der Waals surface area contributed by atoms with Crippen LogP contribution in [0.25, 0.3) is 6.08 Å². The van der Waals surface area contributed by atoms with Gasteiger partial charge in [0.1, 0.15) is 11.5 Å². The second kappa shape index (κ2) is 7.49.